The lowest BCUT2D eigenvalue weighted by molar-refractivity contribution is 0.0935. The van der Waals surface area contributed by atoms with E-state index in [-0.39, 0.29) is 0 Å². The van der Waals surface area contributed by atoms with Gasteiger partial charge in [-0.05, 0) is 18.9 Å². The van der Waals surface area contributed by atoms with E-state index in [0.717, 1.165) is 69.1 Å². The molecule has 2 aromatic heterocycles. The molecular formula is C19H22N4O2. The summed E-state index contributed by atoms with van der Waals surface area (Å²) in [6.45, 7) is 4.41. The fourth-order valence-electron chi connectivity index (χ4n) is 3.95. The maximum Gasteiger partial charge on any atom is 0.134 e. The van der Waals surface area contributed by atoms with E-state index in [1.807, 2.05) is 10.7 Å². The molecule has 6 heteroatoms. The number of hydrogen-bond acceptors (Lipinski definition) is 5. The SMILES string of the molecule is c1ccc2c3c(oc2c1)CCN(Cc1cn(CC2CCCO2)nn1)C3. The highest BCUT2D eigenvalue weighted by Crippen LogP contribution is 2.30. The Hall–Kier alpha value is -2.18. The number of para-hydroxylation sites is 1. The topological polar surface area (TPSA) is 56.3 Å². The highest BCUT2D eigenvalue weighted by atomic mass is 16.5. The lowest BCUT2D eigenvalue weighted by atomic mass is 10.0. The second-order valence-electron chi connectivity index (χ2n) is 7.03. The van der Waals surface area contributed by atoms with E-state index in [0.29, 0.717) is 6.10 Å². The highest BCUT2D eigenvalue weighted by Gasteiger charge is 2.23. The van der Waals surface area contributed by atoms with Crippen molar-refractivity contribution >= 4 is 11.0 Å². The Labute approximate surface area is 146 Å². The summed E-state index contributed by atoms with van der Waals surface area (Å²) in [6.07, 6.45) is 5.58. The Balaban J connectivity index is 1.28. The standard InChI is InChI=1S/C19H22N4O2/c1-2-6-18-16(5-1)17-13-22(8-7-19(17)25-18)10-14-11-23(21-20-14)12-15-4-3-9-24-15/h1-2,5-6,11,15H,3-4,7-10,12-13H2. The summed E-state index contributed by atoms with van der Waals surface area (Å²) in [5.74, 6) is 1.14. The molecule has 0 bridgehead atoms. The largest absolute Gasteiger partial charge is 0.461 e. The summed E-state index contributed by atoms with van der Waals surface area (Å²) in [4.78, 5) is 2.42. The van der Waals surface area contributed by atoms with Crippen LogP contribution in [0.3, 0.4) is 0 Å². The van der Waals surface area contributed by atoms with Gasteiger partial charge in [0.25, 0.3) is 0 Å². The van der Waals surface area contributed by atoms with Gasteiger partial charge in [0.1, 0.15) is 11.3 Å². The first-order chi connectivity index (χ1) is 12.3. The first-order valence-electron chi connectivity index (χ1n) is 9.07. The predicted molar refractivity (Wildman–Crippen MR) is 93.0 cm³/mol. The highest BCUT2D eigenvalue weighted by molar-refractivity contribution is 5.82. The lowest BCUT2D eigenvalue weighted by Gasteiger charge is -2.25. The van der Waals surface area contributed by atoms with Crippen LogP contribution in [-0.2, 0) is 30.8 Å². The Morgan fingerprint density at radius 2 is 2.20 bits per heavy atom. The molecule has 1 aromatic carbocycles. The summed E-state index contributed by atoms with van der Waals surface area (Å²) in [5, 5.41) is 9.86. The van der Waals surface area contributed by atoms with Gasteiger partial charge in [-0.1, -0.05) is 23.4 Å². The normalized spacial score (nSPS) is 21.0. The molecule has 3 aromatic rings. The van der Waals surface area contributed by atoms with Crippen molar-refractivity contribution in [1.82, 2.24) is 19.9 Å². The molecule has 2 aliphatic heterocycles. The van der Waals surface area contributed by atoms with Gasteiger partial charge in [-0.2, -0.15) is 0 Å². The van der Waals surface area contributed by atoms with Crippen LogP contribution < -0.4 is 0 Å². The molecule has 1 fully saturated rings. The number of nitrogens with zero attached hydrogens (tertiary/aromatic N) is 4. The average Bonchev–Trinajstić information content (AvgIpc) is 3.36. The maximum absolute atomic E-state index is 5.99. The molecule has 130 valence electrons. The third-order valence-corrected chi connectivity index (χ3v) is 5.21. The van der Waals surface area contributed by atoms with E-state index in [4.69, 9.17) is 9.15 Å². The lowest BCUT2D eigenvalue weighted by Crippen LogP contribution is -2.29. The van der Waals surface area contributed by atoms with Crippen molar-refractivity contribution in [3.05, 3.63) is 47.5 Å². The van der Waals surface area contributed by atoms with Crippen molar-refractivity contribution in [3.63, 3.8) is 0 Å². The fraction of sp³-hybridized carbons (Fsp3) is 0.474. The summed E-state index contributed by atoms with van der Waals surface area (Å²) in [6, 6.07) is 8.31. The van der Waals surface area contributed by atoms with Crippen LogP contribution in [0.25, 0.3) is 11.0 Å². The zero-order chi connectivity index (χ0) is 16.6. The maximum atomic E-state index is 5.99. The number of rotatable bonds is 4. The van der Waals surface area contributed by atoms with Crippen LogP contribution in [0.4, 0.5) is 0 Å². The van der Waals surface area contributed by atoms with Crippen molar-refractivity contribution < 1.29 is 9.15 Å². The predicted octanol–water partition coefficient (Wildman–Crippen LogP) is 2.76. The van der Waals surface area contributed by atoms with Gasteiger partial charge >= 0.3 is 0 Å². The second-order valence-corrected chi connectivity index (χ2v) is 7.03. The molecule has 1 atom stereocenters. The minimum atomic E-state index is 0.296. The van der Waals surface area contributed by atoms with Gasteiger partial charge in [0.2, 0.25) is 0 Å². The number of hydrogen-bond donors (Lipinski definition) is 0. The zero-order valence-electron chi connectivity index (χ0n) is 14.2. The van der Waals surface area contributed by atoms with Crippen molar-refractivity contribution in [2.75, 3.05) is 13.2 Å². The molecule has 6 nitrogen and oxygen atoms in total. The molecule has 0 N–H and O–H groups in total. The summed E-state index contributed by atoms with van der Waals surface area (Å²) in [7, 11) is 0. The van der Waals surface area contributed by atoms with Gasteiger partial charge in [-0.15, -0.1) is 5.10 Å². The number of aromatic nitrogens is 3. The van der Waals surface area contributed by atoms with Crippen LogP contribution >= 0.6 is 0 Å². The molecule has 0 saturated carbocycles. The van der Waals surface area contributed by atoms with Gasteiger partial charge in [-0.25, -0.2) is 4.68 Å². The molecule has 0 spiro atoms. The fourth-order valence-corrected chi connectivity index (χ4v) is 3.95. The first-order valence-corrected chi connectivity index (χ1v) is 9.07. The number of benzene rings is 1. The molecule has 4 heterocycles. The van der Waals surface area contributed by atoms with Gasteiger partial charge in [-0.3, -0.25) is 4.90 Å². The molecule has 0 aliphatic carbocycles. The van der Waals surface area contributed by atoms with Crippen LogP contribution in [0.15, 0.2) is 34.9 Å². The first kappa shape index (κ1) is 15.1. The van der Waals surface area contributed by atoms with E-state index in [2.05, 4.69) is 39.6 Å². The quantitative estimate of drug-likeness (QED) is 0.732. The van der Waals surface area contributed by atoms with Crippen LogP contribution in [0.5, 0.6) is 0 Å². The van der Waals surface area contributed by atoms with Crippen molar-refractivity contribution in [3.8, 4) is 0 Å². The average molecular weight is 338 g/mol. The summed E-state index contributed by atoms with van der Waals surface area (Å²) < 4.78 is 13.6. The van der Waals surface area contributed by atoms with Crippen molar-refractivity contribution in [2.45, 2.75) is 45.0 Å². The molecule has 0 amide bonds. The smallest absolute Gasteiger partial charge is 0.134 e. The number of fused-ring (bicyclic) bond motifs is 3. The molecule has 5 rings (SSSR count). The number of ether oxygens (including phenoxy) is 1. The number of furan rings is 1. The Morgan fingerprint density at radius 3 is 3.12 bits per heavy atom. The third-order valence-electron chi connectivity index (χ3n) is 5.21. The van der Waals surface area contributed by atoms with Gasteiger partial charge < -0.3 is 9.15 Å². The Morgan fingerprint density at radius 1 is 1.24 bits per heavy atom. The van der Waals surface area contributed by atoms with E-state index in [1.54, 1.807) is 0 Å². The summed E-state index contributed by atoms with van der Waals surface area (Å²) >= 11 is 0. The van der Waals surface area contributed by atoms with E-state index in [1.165, 1.54) is 10.9 Å². The molecule has 1 saturated heterocycles. The van der Waals surface area contributed by atoms with Gasteiger partial charge in [0.05, 0.1) is 18.3 Å². The molecule has 2 aliphatic rings. The van der Waals surface area contributed by atoms with E-state index >= 15 is 0 Å². The van der Waals surface area contributed by atoms with Crippen LogP contribution in [0.1, 0.15) is 29.9 Å². The molecular weight excluding hydrogens is 316 g/mol. The Bertz CT molecular complexity index is 879. The second kappa shape index (κ2) is 6.28. The van der Waals surface area contributed by atoms with Gasteiger partial charge in [0, 0.05) is 49.8 Å². The van der Waals surface area contributed by atoms with Crippen molar-refractivity contribution in [2.24, 2.45) is 0 Å². The minimum absolute atomic E-state index is 0.296. The van der Waals surface area contributed by atoms with Crippen LogP contribution in [-0.4, -0.2) is 39.1 Å². The van der Waals surface area contributed by atoms with Crippen LogP contribution in [0, 0.1) is 0 Å². The van der Waals surface area contributed by atoms with Crippen molar-refractivity contribution in [1.29, 1.82) is 0 Å². The Kier molecular flexibility index (Phi) is 3.79. The molecule has 1 unspecified atom stereocenters. The molecule has 25 heavy (non-hydrogen) atoms. The molecule has 0 radical (unpaired) electrons. The zero-order valence-corrected chi connectivity index (χ0v) is 14.2. The van der Waals surface area contributed by atoms with E-state index in [9.17, 15) is 0 Å². The van der Waals surface area contributed by atoms with Gasteiger partial charge in [0.15, 0.2) is 0 Å². The van der Waals surface area contributed by atoms with Crippen LogP contribution in [0.2, 0.25) is 0 Å². The third kappa shape index (κ3) is 2.96. The van der Waals surface area contributed by atoms with E-state index < -0.39 is 0 Å². The monoisotopic (exact) mass is 338 g/mol. The summed E-state index contributed by atoms with van der Waals surface area (Å²) in [5.41, 5.74) is 3.35. The minimum Gasteiger partial charge on any atom is -0.461 e.